The van der Waals surface area contributed by atoms with Crippen LogP contribution in [0.2, 0.25) is 0 Å². The number of carbonyl (C=O) groups excluding carboxylic acids is 2. The zero-order valence-electron chi connectivity index (χ0n) is 17.9. The fourth-order valence-corrected chi connectivity index (χ4v) is 5.78. The minimum Gasteiger partial charge on any atom is -0.456 e. The molecule has 0 aromatic carbocycles. The van der Waals surface area contributed by atoms with Crippen LogP contribution in [-0.4, -0.2) is 67.7 Å². The third kappa shape index (κ3) is 5.26. The number of hydrogen-bond donors (Lipinski definition) is 0. The van der Waals surface area contributed by atoms with E-state index in [1.807, 2.05) is 25.3 Å². The number of aryl methyl sites for hydroxylation is 1. The van der Waals surface area contributed by atoms with Gasteiger partial charge in [0.1, 0.15) is 6.04 Å². The van der Waals surface area contributed by atoms with E-state index in [-0.39, 0.29) is 17.6 Å². The second-order valence-corrected chi connectivity index (χ2v) is 9.62. The predicted octanol–water partition coefficient (Wildman–Crippen LogP) is 2.24. The molecule has 1 aromatic heterocycles. The van der Waals surface area contributed by atoms with E-state index in [9.17, 15) is 18.0 Å². The van der Waals surface area contributed by atoms with Crippen LogP contribution in [-0.2, 0) is 24.3 Å². The molecule has 1 aromatic rings. The van der Waals surface area contributed by atoms with Gasteiger partial charge in [-0.15, -0.1) is 0 Å². The molecule has 2 heterocycles. The minimum absolute atomic E-state index is 0.00135. The number of methoxy groups -OCH3 is 1. The number of nitrogens with zero attached hydrogens (tertiary/aromatic N) is 2. The predicted molar refractivity (Wildman–Crippen MR) is 110 cm³/mol. The van der Waals surface area contributed by atoms with Crippen LogP contribution in [0, 0.1) is 13.8 Å². The standard InChI is InChI=1S/C20H32N2O6S/c1-6-10-29(25,26)21-9-7-8-18(21)20(24)28-13-19(23)17-11-14(2)22(16(17)4)15(3)12-27-5/h11,15,18H,6-10,12-13H2,1-5H3. The summed E-state index contributed by atoms with van der Waals surface area (Å²) in [6.45, 7) is 7.98. The van der Waals surface area contributed by atoms with Crippen LogP contribution in [0.1, 0.15) is 60.9 Å². The molecular formula is C20H32N2O6S. The van der Waals surface area contributed by atoms with E-state index in [0.717, 1.165) is 11.4 Å². The van der Waals surface area contributed by atoms with Gasteiger partial charge in [0, 0.05) is 30.6 Å². The summed E-state index contributed by atoms with van der Waals surface area (Å²) in [7, 11) is -1.86. The first-order valence-electron chi connectivity index (χ1n) is 10.0. The van der Waals surface area contributed by atoms with E-state index in [2.05, 4.69) is 0 Å². The third-order valence-corrected chi connectivity index (χ3v) is 7.35. The number of rotatable bonds is 10. The average molecular weight is 429 g/mol. The molecule has 9 heteroatoms. The molecule has 0 N–H and O–H groups in total. The number of hydrogen-bond acceptors (Lipinski definition) is 6. The normalized spacial score (nSPS) is 18.7. The van der Waals surface area contributed by atoms with Crippen LogP contribution in [0.3, 0.4) is 0 Å². The van der Waals surface area contributed by atoms with Crippen molar-refractivity contribution < 1.29 is 27.5 Å². The van der Waals surface area contributed by atoms with Crippen molar-refractivity contribution in [1.82, 2.24) is 8.87 Å². The fourth-order valence-electron chi connectivity index (χ4n) is 4.05. The summed E-state index contributed by atoms with van der Waals surface area (Å²) in [5, 5.41) is 0. The SMILES string of the molecule is CCCS(=O)(=O)N1CCCC1C(=O)OCC(=O)c1cc(C)n(C(C)COC)c1C. The molecule has 1 fully saturated rings. The molecule has 0 bridgehead atoms. The number of ketones is 1. The fraction of sp³-hybridized carbons (Fsp3) is 0.700. The summed E-state index contributed by atoms with van der Waals surface area (Å²) in [5.74, 6) is -0.957. The Bertz CT molecular complexity index is 845. The first kappa shape index (κ1) is 23.6. The van der Waals surface area contributed by atoms with Crippen molar-refractivity contribution in [1.29, 1.82) is 0 Å². The summed E-state index contributed by atoms with van der Waals surface area (Å²) in [6.07, 6.45) is 1.50. The molecule has 2 rings (SSSR count). The van der Waals surface area contributed by atoms with Crippen molar-refractivity contribution in [2.75, 3.05) is 32.6 Å². The monoisotopic (exact) mass is 428 g/mol. The van der Waals surface area contributed by atoms with Gasteiger partial charge in [0.25, 0.3) is 0 Å². The van der Waals surface area contributed by atoms with E-state index >= 15 is 0 Å². The van der Waals surface area contributed by atoms with Crippen LogP contribution in [0.25, 0.3) is 0 Å². The molecular weight excluding hydrogens is 396 g/mol. The number of esters is 1. The third-order valence-electron chi connectivity index (χ3n) is 5.27. The largest absolute Gasteiger partial charge is 0.456 e. The van der Waals surface area contributed by atoms with Gasteiger partial charge in [-0.3, -0.25) is 9.59 Å². The maximum Gasteiger partial charge on any atom is 0.324 e. The van der Waals surface area contributed by atoms with Crippen LogP contribution in [0.5, 0.6) is 0 Å². The highest BCUT2D eigenvalue weighted by molar-refractivity contribution is 7.89. The van der Waals surface area contributed by atoms with E-state index in [4.69, 9.17) is 9.47 Å². The van der Waals surface area contributed by atoms with Gasteiger partial charge in [0.05, 0.1) is 18.4 Å². The lowest BCUT2D eigenvalue weighted by molar-refractivity contribution is -0.146. The molecule has 0 saturated carbocycles. The average Bonchev–Trinajstić information content (AvgIpc) is 3.25. The molecule has 0 radical (unpaired) electrons. The van der Waals surface area contributed by atoms with Crippen LogP contribution >= 0.6 is 0 Å². The Hall–Kier alpha value is -1.71. The van der Waals surface area contributed by atoms with Crippen molar-refractivity contribution >= 4 is 21.8 Å². The number of aromatic nitrogens is 1. The van der Waals surface area contributed by atoms with Crippen molar-refractivity contribution in [2.24, 2.45) is 0 Å². The van der Waals surface area contributed by atoms with Crippen molar-refractivity contribution in [2.45, 2.75) is 59.0 Å². The summed E-state index contributed by atoms with van der Waals surface area (Å²) in [4.78, 5) is 25.1. The first-order chi connectivity index (χ1) is 13.6. The van der Waals surface area contributed by atoms with E-state index in [1.54, 1.807) is 20.1 Å². The van der Waals surface area contributed by atoms with Gasteiger partial charge in [0.15, 0.2) is 6.61 Å². The molecule has 0 amide bonds. The Balaban J connectivity index is 2.06. The Morgan fingerprint density at radius 3 is 2.62 bits per heavy atom. The zero-order valence-corrected chi connectivity index (χ0v) is 18.8. The molecule has 0 spiro atoms. The van der Waals surface area contributed by atoms with Gasteiger partial charge < -0.3 is 14.0 Å². The Labute approximate surface area is 173 Å². The van der Waals surface area contributed by atoms with Crippen molar-refractivity contribution in [3.05, 3.63) is 23.0 Å². The highest BCUT2D eigenvalue weighted by Crippen LogP contribution is 2.24. The van der Waals surface area contributed by atoms with Gasteiger partial charge in [-0.25, -0.2) is 8.42 Å². The first-order valence-corrected chi connectivity index (χ1v) is 11.6. The second-order valence-electron chi connectivity index (χ2n) is 7.57. The molecule has 2 atom stereocenters. The van der Waals surface area contributed by atoms with E-state index in [1.165, 1.54) is 4.31 Å². The zero-order chi connectivity index (χ0) is 21.8. The van der Waals surface area contributed by atoms with E-state index < -0.39 is 28.6 Å². The smallest absolute Gasteiger partial charge is 0.324 e. The Kier molecular flexibility index (Phi) is 8.02. The van der Waals surface area contributed by atoms with Gasteiger partial charge in [0.2, 0.25) is 15.8 Å². The highest BCUT2D eigenvalue weighted by Gasteiger charge is 2.39. The molecule has 8 nitrogen and oxygen atoms in total. The summed E-state index contributed by atoms with van der Waals surface area (Å²) < 4.78 is 38.4. The Morgan fingerprint density at radius 1 is 1.31 bits per heavy atom. The number of carbonyl (C=O) groups is 2. The lowest BCUT2D eigenvalue weighted by Crippen LogP contribution is -2.42. The molecule has 1 saturated heterocycles. The topological polar surface area (TPSA) is 94.9 Å². The summed E-state index contributed by atoms with van der Waals surface area (Å²) in [6, 6.07) is 1.01. The number of ether oxygens (including phenoxy) is 2. The second kappa shape index (κ2) is 9.86. The molecule has 164 valence electrons. The van der Waals surface area contributed by atoms with Crippen molar-refractivity contribution in [3.8, 4) is 0 Å². The number of sulfonamides is 1. The lowest BCUT2D eigenvalue weighted by atomic mass is 10.1. The number of Topliss-reactive ketones (excluding diaryl/α,β-unsaturated/α-hetero) is 1. The molecule has 0 aliphatic carbocycles. The summed E-state index contributed by atoms with van der Waals surface area (Å²) in [5.41, 5.74) is 2.22. The highest BCUT2D eigenvalue weighted by atomic mass is 32.2. The van der Waals surface area contributed by atoms with Crippen LogP contribution in [0.4, 0.5) is 0 Å². The molecule has 1 aliphatic rings. The van der Waals surface area contributed by atoms with Crippen LogP contribution < -0.4 is 0 Å². The van der Waals surface area contributed by atoms with Gasteiger partial charge in [-0.2, -0.15) is 4.31 Å². The van der Waals surface area contributed by atoms with E-state index in [0.29, 0.717) is 38.0 Å². The molecule has 1 aliphatic heterocycles. The van der Waals surface area contributed by atoms with Crippen LogP contribution in [0.15, 0.2) is 6.07 Å². The maximum atomic E-state index is 12.7. The molecule has 29 heavy (non-hydrogen) atoms. The van der Waals surface area contributed by atoms with Gasteiger partial charge >= 0.3 is 5.97 Å². The quantitative estimate of drug-likeness (QED) is 0.419. The minimum atomic E-state index is -3.49. The summed E-state index contributed by atoms with van der Waals surface area (Å²) >= 11 is 0. The van der Waals surface area contributed by atoms with Gasteiger partial charge in [-0.05, 0) is 46.1 Å². The van der Waals surface area contributed by atoms with Crippen molar-refractivity contribution in [3.63, 3.8) is 0 Å². The molecule has 2 unspecified atom stereocenters. The maximum absolute atomic E-state index is 12.7. The van der Waals surface area contributed by atoms with Gasteiger partial charge in [-0.1, -0.05) is 6.92 Å². The Morgan fingerprint density at radius 2 is 2.00 bits per heavy atom. The lowest BCUT2D eigenvalue weighted by Gasteiger charge is -2.22.